The average Bonchev–Trinajstić information content (AvgIpc) is 2.81. The van der Waals surface area contributed by atoms with E-state index in [1.54, 1.807) is 12.3 Å². The number of pyridine rings is 1. The standard InChI is InChI=1S/C11H15N3O2/c12-10-2-1-8(5-13-10)6-14-11(15)9-3-4-16-7-9/h1-2,5,9H,3-4,6-7H2,(H2,12,13)(H,14,15)/t9-/m1/s1. The van der Waals surface area contributed by atoms with Crippen molar-refractivity contribution < 1.29 is 9.53 Å². The number of nitrogens with one attached hydrogen (secondary N) is 1. The van der Waals surface area contributed by atoms with Crippen LogP contribution in [0.4, 0.5) is 5.82 Å². The van der Waals surface area contributed by atoms with Gasteiger partial charge in [0, 0.05) is 19.3 Å². The Bertz CT molecular complexity index is 358. The zero-order chi connectivity index (χ0) is 11.4. The third-order valence-electron chi connectivity index (χ3n) is 2.61. The highest BCUT2D eigenvalue weighted by molar-refractivity contribution is 5.78. The molecule has 0 aliphatic carbocycles. The Morgan fingerprint density at radius 1 is 1.62 bits per heavy atom. The molecule has 5 nitrogen and oxygen atoms in total. The Labute approximate surface area is 94.0 Å². The quantitative estimate of drug-likeness (QED) is 0.770. The number of rotatable bonds is 3. The number of nitrogen functional groups attached to an aromatic ring is 1. The first-order valence-electron chi connectivity index (χ1n) is 5.31. The molecule has 0 unspecified atom stereocenters. The zero-order valence-corrected chi connectivity index (χ0v) is 8.98. The molecule has 0 spiro atoms. The molecule has 1 fully saturated rings. The number of carbonyl (C=O) groups is 1. The predicted molar refractivity (Wildman–Crippen MR) is 59.4 cm³/mol. The normalized spacial score (nSPS) is 19.6. The number of amides is 1. The maximum Gasteiger partial charge on any atom is 0.225 e. The van der Waals surface area contributed by atoms with Crippen LogP contribution in [0.3, 0.4) is 0 Å². The molecule has 3 N–H and O–H groups in total. The van der Waals surface area contributed by atoms with E-state index >= 15 is 0 Å². The number of ether oxygens (including phenoxy) is 1. The summed E-state index contributed by atoms with van der Waals surface area (Å²) in [6.07, 6.45) is 2.48. The van der Waals surface area contributed by atoms with E-state index in [1.807, 2.05) is 6.07 Å². The average molecular weight is 221 g/mol. The van der Waals surface area contributed by atoms with E-state index in [0.717, 1.165) is 12.0 Å². The lowest BCUT2D eigenvalue weighted by atomic mass is 10.1. The summed E-state index contributed by atoms with van der Waals surface area (Å²) in [5, 5.41) is 2.86. The molecule has 0 saturated carbocycles. The van der Waals surface area contributed by atoms with Crippen LogP contribution in [0.1, 0.15) is 12.0 Å². The molecule has 1 aromatic heterocycles. The van der Waals surface area contributed by atoms with Gasteiger partial charge in [-0.1, -0.05) is 6.07 Å². The van der Waals surface area contributed by atoms with Crippen LogP contribution >= 0.6 is 0 Å². The topological polar surface area (TPSA) is 77.2 Å². The molecule has 0 radical (unpaired) electrons. The van der Waals surface area contributed by atoms with E-state index in [9.17, 15) is 4.79 Å². The van der Waals surface area contributed by atoms with Crippen molar-refractivity contribution in [2.75, 3.05) is 18.9 Å². The van der Waals surface area contributed by atoms with Crippen molar-refractivity contribution in [3.63, 3.8) is 0 Å². The zero-order valence-electron chi connectivity index (χ0n) is 8.98. The molecular formula is C11H15N3O2. The Hall–Kier alpha value is -1.62. The number of hydrogen-bond acceptors (Lipinski definition) is 4. The van der Waals surface area contributed by atoms with Crippen LogP contribution in [0.15, 0.2) is 18.3 Å². The summed E-state index contributed by atoms with van der Waals surface area (Å²) in [4.78, 5) is 15.6. The van der Waals surface area contributed by atoms with Gasteiger partial charge >= 0.3 is 0 Å². The van der Waals surface area contributed by atoms with Gasteiger partial charge in [0.2, 0.25) is 5.91 Å². The van der Waals surface area contributed by atoms with Crippen molar-refractivity contribution in [1.82, 2.24) is 10.3 Å². The van der Waals surface area contributed by atoms with Gasteiger partial charge in [0.25, 0.3) is 0 Å². The van der Waals surface area contributed by atoms with E-state index in [0.29, 0.717) is 25.6 Å². The summed E-state index contributed by atoms with van der Waals surface area (Å²) in [5.41, 5.74) is 6.41. The highest BCUT2D eigenvalue weighted by Gasteiger charge is 2.22. The van der Waals surface area contributed by atoms with Gasteiger partial charge in [-0.05, 0) is 18.1 Å². The maximum atomic E-state index is 11.6. The van der Waals surface area contributed by atoms with Crippen LogP contribution in [0.25, 0.3) is 0 Å². The predicted octanol–water partition coefficient (Wildman–Crippen LogP) is 0.316. The highest BCUT2D eigenvalue weighted by atomic mass is 16.5. The summed E-state index contributed by atoms with van der Waals surface area (Å²) >= 11 is 0. The molecule has 2 heterocycles. The highest BCUT2D eigenvalue weighted by Crippen LogP contribution is 2.12. The minimum absolute atomic E-state index is 0.00161. The van der Waals surface area contributed by atoms with Gasteiger partial charge in [0.05, 0.1) is 12.5 Å². The lowest BCUT2D eigenvalue weighted by molar-refractivity contribution is -0.125. The lowest BCUT2D eigenvalue weighted by Crippen LogP contribution is -2.30. The number of carbonyl (C=O) groups excluding carboxylic acids is 1. The molecule has 1 atom stereocenters. The Kier molecular flexibility index (Phi) is 3.36. The molecular weight excluding hydrogens is 206 g/mol. The fourth-order valence-corrected chi connectivity index (χ4v) is 1.62. The van der Waals surface area contributed by atoms with Crippen LogP contribution in [0.5, 0.6) is 0 Å². The van der Waals surface area contributed by atoms with E-state index < -0.39 is 0 Å². The van der Waals surface area contributed by atoms with E-state index in [2.05, 4.69) is 10.3 Å². The Morgan fingerprint density at radius 2 is 2.50 bits per heavy atom. The van der Waals surface area contributed by atoms with Crippen LogP contribution < -0.4 is 11.1 Å². The SMILES string of the molecule is Nc1ccc(CNC(=O)[C@@H]2CCOC2)cn1. The Balaban J connectivity index is 1.82. The number of hydrogen-bond donors (Lipinski definition) is 2. The first-order valence-corrected chi connectivity index (χ1v) is 5.31. The Morgan fingerprint density at radius 3 is 3.12 bits per heavy atom. The number of nitrogens with two attached hydrogens (primary N) is 1. The molecule has 1 aliphatic rings. The summed E-state index contributed by atoms with van der Waals surface area (Å²) in [5.74, 6) is 0.537. The van der Waals surface area contributed by atoms with E-state index in [1.165, 1.54) is 0 Å². The fourth-order valence-electron chi connectivity index (χ4n) is 1.62. The van der Waals surface area contributed by atoms with Crippen LogP contribution in [0, 0.1) is 5.92 Å². The van der Waals surface area contributed by atoms with Crippen molar-refractivity contribution in [3.8, 4) is 0 Å². The summed E-state index contributed by atoms with van der Waals surface area (Å²) in [7, 11) is 0. The number of aromatic nitrogens is 1. The molecule has 1 amide bonds. The van der Waals surface area contributed by atoms with E-state index in [-0.39, 0.29) is 11.8 Å². The van der Waals surface area contributed by atoms with E-state index in [4.69, 9.17) is 10.5 Å². The molecule has 1 aromatic rings. The third-order valence-corrected chi connectivity index (χ3v) is 2.61. The van der Waals surface area contributed by atoms with Crippen molar-refractivity contribution >= 4 is 11.7 Å². The second-order valence-corrected chi connectivity index (χ2v) is 3.87. The van der Waals surface area contributed by atoms with Crippen molar-refractivity contribution in [2.45, 2.75) is 13.0 Å². The lowest BCUT2D eigenvalue weighted by Gasteiger charge is -2.09. The van der Waals surface area contributed by atoms with Crippen LogP contribution in [0.2, 0.25) is 0 Å². The third kappa shape index (κ3) is 2.70. The van der Waals surface area contributed by atoms with Crippen molar-refractivity contribution in [1.29, 1.82) is 0 Å². The molecule has 1 saturated heterocycles. The minimum Gasteiger partial charge on any atom is -0.384 e. The molecule has 5 heteroatoms. The van der Waals surface area contributed by atoms with Gasteiger partial charge < -0.3 is 15.8 Å². The van der Waals surface area contributed by atoms with Gasteiger partial charge in [-0.15, -0.1) is 0 Å². The van der Waals surface area contributed by atoms with Crippen LogP contribution in [-0.4, -0.2) is 24.1 Å². The largest absolute Gasteiger partial charge is 0.384 e. The van der Waals surface area contributed by atoms with Gasteiger partial charge in [0.1, 0.15) is 5.82 Å². The van der Waals surface area contributed by atoms with Crippen LogP contribution in [-0.2, 0) is 16.1 Å². The molecule has 86 valence electrons. The second kappa shape index (κ2) is 4.94. The minimum atomic E-state index is 0.00161. The number of nitrogens with zero attached hydrogens (tertiary/aromatic N) is 1. The smallest absolute Gasteiger partial charge is 0.225 e. The summed E-state index contributed by atoms with van der Waals surface area (Å²) in [6.45, 7) is 1.70. The van der Waals surface area contributed by atoms with Gasteiger partial charge in [-0.2, -0.15) is 0 Å². The molecule has 0 aromatic carbocycles. The van der Waals surface area contributed by atoms with Gasteiger partial charge in [-0.3, -0.25) is 4.79 Å². The van der Waals surface area contributed by atoms with Gasteiger partial charge in [-0.25, -0.2) is 4.98 Å². The summed E-state index contributed by atoms with van der Waals surface area (Å²) in [6, 6.07) is 3.58. The van der Waals surface area contributed by atoms with Crippen molar-refractivity contribution in [2.24, 2.45) is 5.92 Å². The first-order chi connectivity index (χ1) is 7.75. The summed E-state index contributed by atoms with van der Waals surface area (Å²) < 4.78 is 5.16. The second-order valence-electron chi connectivity index (χ2n) is 3.87. The first kappa shape index (κ1) is 10.9. The molecule has 2 rings (SSSR count). The van der Waals surface area contributed by atoms with Crippen molar-refractivity contribution in [3.05, 3.63) is 23.9 Å². The fraction of sp³-hybridized carbons (Fsp3) is 0.455. The van der Waals surface area contributed by atoms with Gasteiger partial charge in [0.15, 0.2) is 0 Å². The monoisotopic (exact) mass is 221 g/mol. The molecule has 0 bridgehead atoms. The maximum absolute atomic E-state index is 11.6. The number of anilines is 1. The molecule has 1 aliphatic heterocycles. The molecule has 16 heavy (non-hydrogen) atoms.